The average Bonchev–Trinajstić information content (AvgIpc) is 2.95. The van der Waals surface area contributed by atoms with Gasteiger partial charge in [-0.1, -0.05) is 34.8 Å². The molecule has 1 saturated heterocycles. The number of carbonyl (C=O) groups excluding carboxylic acids is 1. The number of nitrogens with zero attached hydrogens (tertiary/aromatic N) is 4. The Balaban J connectivity index is 1.48. The summed E-state index contributed by atoms with van der Waals surface area (Å²) in [7, 11) is 1.59. The van der Waals surface area contributed by atoms with E-state index in [4.69, 9.17) is 49.0 Å². The van der Waals surface area contributed by atoms with Gasteiger partial charge >= 0.3 is 0 Å². The Morgan fingerprint density at radius 3 is 2.70 bits per heavy atom. The number of allylic oxidation sites excluding steroid dienone is 2. The van der Waals surface area contributed by atoms with Crippen LogP contribution in [0.25, 0.3) is 12.2 Å². The van der Waals surface area contributed by atoms with Crippen LogP contribution in [0, 0.1) is 0 Å². The van der Waals surface area contributed by atoms with E-state index in [1.54, 1.807) is 54.6 Å². The number of methoxy groups -OCH3 is 1. The third-order valence-electron chi connectivity index (χ3n) is 6.02. The van der Waals surface area contributed by atoms with Gasteiger partial charge < -0.3 is 24.4 Å². The maximum absolute atomic E-state index is 12.9. The van der Waals surface area contributed by atoms with Crippen molar-refractivity contribution in [3.63, 3.8) is 0 Å². The van der Waals surface area contributed by atoms with Gasteiger partial charge in [-0.2, -0.15) is 0 Å². The highest BCUT2D eigenvalue weighted by molar-refractivity contribution is 6.42. The highest BCUT2D eigenvalue weighted by atomic mass is 35.5. The Bertz CT molecular complexity index is 1430. The van der Waals surface area contributed by atoms with Crippen LogP contribution in [0.1, 0.15) is 35.5 Å². The molecule has 4 rings (SSSR count). The van der Waals surface area contributed by atoms with Crippen LogP contribution in [0.4, 0.5) is 11.5 Å². The number of nitrogens with one attached hydrogen (secondary N) is 1. The fraction of sp³-hybridized carbons (Fsp3) is 0.286. The molecule has 1 aliphatic rings. The zero-order valence-corrected chi connectivity index (χ0v) is 24.4. The van der Waals surface area contributed by atoms with Crippen LogP contribution in [0.15, 0.2) is 54.4 Å². The minimum atomic E-state index is -0.316. The maximum Gasteiger partial charge on any atom is 0.257 e. The number of anilines is 2. The summed E-state index contributed by atoms with van der Waals surface area (Å²) >= 11 is 18.4. The van der Waals surface area contributed by atoms with E-state index in [1.807, 2.05) is 19.9 Å². The number of halogens is 3. The molecule has 1 aliphatic heterocycles. The van der Waals surface area contributed by atoms with Gasteiger partial charge in [-0.25, -0.2) is 15.0 Å². The van der Waals surface area contributed by atoms with Gasteiger partial charge in [0.05, 0.1) is 53.1 Å². The van der Waals surface area contributed by atoms with Crippen molar-refractivity contribution in [1.29, 1.82) is 0 Å². The van der Waals surface area contributed by atoms with Crippen LogP contribution in [0.3, 0.4) is 0 Å². The van der Waals surface area contributed by atoms with Crippen molar-refractivity contribution in [2.75, 3.05) is 38.7 Å². The highest BCUT2D eigenvalue weighted by Gasteiger charge is 2.27. The number of ether oxygens (including phenoxy) is 3. The first-order chi connectivity index (χ1) is 19.2. The Morgan fingerprint density at radius 1 is 1.12 bits per heavy atom. The highest BCUT2D eigenvalue weighted by Crippen LogP contribution is 2.29. The number of amides is 1. The fourth-order valence-corrected chi connectivity index (χ4v) is 4.42. The minimum absolute atomic E-state index is 0.178. The van der Waals surface area contributed by atoms with Crippen LogP contribution in [0.5, 0.6) is 0 Å². The summed E-state index contributed by atoms with van der Waals surface area (Å²) in [6, 6.07) is 8.57. The standard InChI is InChI=1S/C28H28Cl3N5O4/c1-17(38-3)11-22-25(33-16-34-27(22)35-19-6-7-23(29)24(30)13-19)12-18(2)40-15-20-14-36(9-10-39-20)28(37)21-5-4-8-32-26(21)31/h4-8,11-13,16,20H,9-10,14-15H2,1-3H3,(H,33,34,35)/b17-11+,18-12+. The topological polar surface area (TPSA) is 98.7 Å². The first-order valence-electron chi connectivity index (χ1n) is 12.4. The van der Waals surface area contributed by atoms with Crippen LogP contribution >= 0.6 is 34.8 Å². The van der Waals surface area contributed by atoms with Gasteiger partial charge in [-0.05, 0) is 50.3 Å². The van der Waals surface area contributed by atoms with Crippen molar-refractivity contribution < 1.29 is 19.0 Å². The number of hydrogen-bond donors (Lipinski definition) is 1. The monoisotopic (exact) mass is 603 g/mol. The van der Waals surface area contributed by atoms with Gasteiger partial charge in [0.1, 0.15) is 30.0 Å². The van der Waals surface area contributed by atoms with E-state index in [-0.39, 0.29) is 23.8 Å². The Labute approximate surface area is 247 Å². The minimum Gasteiger partial charge on any atom is -0.501 e. The largest absolute Gasteiger partial charge is 0.501 e. The van der Waals surface area contributed by atoms with Crippen LogP contribution in [-0.2, 0) is 14.2 Å². The van der Waals surface area contributed by atoms with E-state index in [9.17, 15) is 4.79 Å². The van der Waals surface area contributed by atoms with Gasteiger partial charge in [-0.3, -0.25) is 4.79 Å². The number of carbonyl (C=O) groups is 1. The van der Waals surface area contributed by atoms with Crippen LogP contribution in [0.2, 0.25) is 15.2 Å². The van der Waals surface area contributed by atoms with Gasteiger partial charge in [0, 0.05) is 30.1 Å². The predicted octanol–water partition coefficient (Wildman–Crippen LogP) is 6.50. The zero-order valence-electron chi connectivity index (χ0n) is 22.2. The molecular formula is C28H28Cl3N5O4. The number of rotatable bonds is 9. The lowest BCUT2D eigenvalue weighted by atomic mass is 10.1. The molecule has 3 heterocycles. The normalized spacial score (nSPS) is 16.1. The van der Waals surface area contributed by atoms with Crippen molar-refractivity contribution in [2.24, 2.45) is 0 Å². The van der Waals surface area contributed by atoms with E-state index in [0.717, 1.165) is 0 Å². The van der Waals surface area contributed by atoms with Crippen LogP contribution < -0.4 is 5.32 Å². The lowest BCUT2D eigenvalue weighted by Crippen LogP contribution is -2.47. The summed E-state index contributed by atoms with van der Waals surface area (Å²) < 4.78 is 17.2. The summed E-state index contributed by atoms with van der Waals surface area (Å²) in [5, 5.41) is 4.32. The molecule has 1 N–H and O–H groups in total. The van der Waals surface area contributed by atoms with Crippen LogP contribution in [-0.4, -0.2) is 65.3 Å². The molecule has 40 heavy (non-hydrogen) atoms. The third kappa shape index (κ3) is 7.63. The molecule has 9 nitrogen and oxygen atoms in total. The Kier molecular flexibility index (Phi) is 10.2. The average molecular weight is 605 g/mol. The number of morpholine rings is 1. The molecule has 210 valence electrons. The molecule has 0 spiro atoms. The molecule has 3 aromatic rings. The molecule has 12 heteroatoms. The number of pyridine rings is 1. The summed E-state index contributed by atoms with van der Waals surface area (Å²) in [6.07, 6.45) is 6.32. The molecule has 0 bridgehead atoms. The van der Waals surface area contributed by atoms with E-state index in [2.05, 4.69) is 20.3 Å². The number of hydrogen-bond acceptors (Lipinski definition) is 8. The molecule has 0 radical (unpaired) electrons. The second-order valence-corrected chi connectivity index (χ2v) is 10.1. The summed E-state index contributed by atoms with van der Waals surface area (Å²) in [5.41, 5.74) is 2.37. The molecule has 1 atom stereocenters. The number of benzene rings is 1. The predicted molar refractivity (Wildman–Crippen MR) is 157 cm³/mol. The summed E-state index contributed by atoms with van der Waals surface area (Å²) in [6.45, 7) is 5.12. The molecule has 0 aliphatic carbocycles. The second-order valence-electron chi connectivity index (χ2n) is 8.89. The second kappa shape index (κ2) is 13.8. The zero-order chi connectivity index (χ0) is 28.6. The van der Waals surface area contributed by atoms with Gasteiger partial charge in [0.2, 0.25) is 0 Å². The lowest BCUT2D eigenvalue weighted by molar-refractivity contribution is -0.0502. The molecular weight excluding hydrogens is 577 g/mol. The smallest absolute Gasteiger partial charge is 0.257 e. The quantitative estimate of drug-likeness (QED) is 0.218. The van der Waals surface area contributed by atoms with E-state index >= 15 is 0 Å². The van der Waals surface area contributed by atoms with Crippen molar-refractivity contribution in [1.82, 2.24) is 19.9 Å². The summed E-state index contributed by atoms with van der Waals surface area (Å²) in [4.78, 5) is 27.5. The van der Waals surface area contributed by atoms with E-state index in [1.165, 1.54) is 6.33 Å². The Morgan fingerprint density at radius 2 is 1.95 bits per heavy atom. The van der Waals surface area contributed by atoms with Gasteiger partial charge in [0.15, 0.2) is 0 Å². The van der Waals surface area contributed by atoms with Crippen molar-refractivity contribution in [3.05, 3.63) is 86.4 Å². The molecule has 1 aromatic carbocycles. The molecule has 2 aromatic heterocycles. The van der Waals surface area contributed by atoms with Crippen molar-refractivity contribution in [3.8, 4) is 0 Å². The molecule has 0 saturated carbocycles. The number of aromatic nitrogens is 3. The SMILES string of the molecule is CO/C(C)=C/c1c(/C=C(\C)OCC2CN(C(=O)c3cccnc3Cl)CCO2)ncnc1Nc1ccc(Cl)c(Cl)c1. The van der Waals surface area contributed by atoms with Gasteiger partial charge in [0.25, 0.3) is 5.91 Å². The first kappa shape index (κ1) is 29.6. The molecule has 1 amide bonds. The fourth-order valence-electron chi connectivity index (χ4n) is 3.92. The van der Waals surface area contributed by atoms with Crippen molar-refractivity contribution >= 4 is 64.4 Å². The van der Waals surface area contributed by atoms with Gasteiger partial charge in [-0.15, -0.1) is 0 Å². The van der Waals surface area contributed by atoms with Crippen molar-refractivity contribution in [2.45, 2.75) is 20.0 Å². The molecule has 1 unspecified atom stereocenters. The first-order valence-corrected chi connectivity index (χ1v) is 13.5. The lowest BCUT2D eigenvalue weighted by Gasteiger charge is -2.33. The molecule has 1 fully saturated rings. The summed E-state index contributed by atoms with van der Waals surface area (Å²) in [5.74, 6) is 1.62. The van der Waals surface area contributed by atoms with E-state index in [0.29, 0.717) is 69.6 Å². The van der Waals surface area contributed by atoms with E-state index < -0.39 is 0 Å². The Hall–Kier alpha value is -3.37. The third-order valence-corrected chi connectivity index (χ3v) is 7.06. The maximum atomic E-state index is 12.9.